The summed E-state index contributed by atoms with van der Waals surface area (Å²) in [7, 11) is 3.28. The molecule has 0 spiro atoms. The number of rotatable bonds is 5. The molecule has 4 nitrogen and oxygen atoms in total. The second kappa shape index (κ2) is 9.12. The molecule has 1 aliphatic heterocycles. The predicted octanol–water partition coefficient (Wildman–Crippen LogP) is 5.10. The molecule has 1 amide bonds. The fourth-order valence-electron chi connectivity index (χ4n) is 4.20. The zero-order valence-electron chi connectivity index (χ0n) is 18.1. The normalized spacial score (nSPS) is 19.8. The number of halogens is 3. The van der Waals surface area contributed by atoms with Crippen molar-refractivity contribution in [1.29, 1.82) is 0 Å². The maximum Gasteiger partial charge on any atom is 0.416 e. The SMILES string of the molecule is COc1cc(C(F)(F)F)cc(SC)c1C(=O)NC1(c2cccc(C)c2)CCCN(C)C1. The first-order valence-electron chi connectivity index (χ1n) is 10.0. The minimum Gasteiger partial charge on any atom is -0.496 e. The molecule has 8 heteroatoms. The molecule has 31 heavy (non-hydrogen) atoms. The number of aryl methyl sites for hydroxylation is 1. The van der Waals surface area contributed by atoms with Crippen LogP contribution in [0.4, 0.5) is 13.2 Å². The number of nitrogens with one attached hydrogen (secondary N) is 1. The van der Waals surface area contributed by atoms with Crippen LogP contribution in [0.25, 0.3) is 0 Å². The van der Waals surface area contributed by atoms with Crippen molar-refractivity contribution in [2.75, 3.05) is 33.5 Å². The molecule has 1 saturated heterocycles. The van der Waals surface area contributed by atoms with Crippen LogP contribution < -0.4 is 10.1 Å². The number of likely N-dealkylation sites (tertiary alicyclic amines) is 1. The Labute approximate surface area is 185 Å². The second-order valence-corrected chi connectivity index (χ2v) is 8.85. The number of piperidine rings is 1. The van der Waals surface area contributed by atoms with Gasteiger partial charge in [0.15, 0.2) is 0 Å². The van der Waals surface area contributed by atoms with Crippen LogP contribution in [-0.2, 0) is 11.7 Å². The third-order valence-corrected chi connectivity index (χ3v) is 6.43. The number of alkyl halides is 3. The van der Waals surface area contributed by atoms with E-state index in [0.29, 0.717) is 6.54 Å². The van der Waals surface area contributed by atoms with E-state index in [0.717, 1.165) is 54.4 Å². The van der Waals surface area contributed by atoms with E-state index in [9.17, 15) is 18.0 Å². The van der Waals surface area contributed by atoms with Crippen LogP contribution in [-0.4, -0.2) is 44.3 Å². The highest BCUT2D eigenvalue weighted by molar-refractivity contribution is 7.98. The van der Waals surface area contributed by atoms with E-state index in [1.807, 2.05) is 32.2 Å². The lowest BCUT2D eigenvalue weighted by atomic mass is 9.81. The smallest absolute Gasteiger partial charge is 0.416 e. The van der Waals surface area contributed by atoms with Gasteiger partial charge in [-0.25, -0.2) is 0 Å². The van der Waals surface area contributed by atoms with Gasteiger partial charge in [-0.15, -0.1) is 11.8 Å². The van der Waals surface area contributed by atoms with Crippen molar-refractivity contribution < 1.29 is 22.7 Å². The Morgan fingerprint density at radius 3 is 2.58 bits per heavy atom. The highest BCUT2D eigenvalue weighted by atomic mass is 32.2. The number of ether oxygens (including phenoxy) is 1. The molecule has 1 atom stereocenters. The predicted molar refractivity (Wildman–Crippen MR) is 117 cm³/mol. The number of thioether (sulfide) groups is 1. The Balaban J connectivity index is 2.06. The van der Waals surface area contributed by atoms with Crippen LogP contribution in [0.3, 0.4) is 0 Å². The van der Waals surface area contributed by atoms with Gasteiger partial charge in [0, 0.05) is 11.4 Å². The first kappa shape index (κ1) is 23.5. The minimum absolute atomic E-state index is 0.0831. The van der Waals surface area contributed by atoms with Gasteiger partial charge in [0.25, 0.3) is 5.91 Å². The van der Waals surface area contributed by atoms with Gasteiger partial charge in [-0.05, 0) is 57.3 Å². The number of hydrogen-bond acceptors (Lipinski definition) is 4. The average Bonchev–Trinajstić information content (AvgIpc) is 2.71. The molecule has 2 aromatic rings. The van der Waals surface area contributed by atoms with Crippen molar-refractivity contribution in [1.82, 2.24) is 10.2 Å². The van der Waals surface area contributed by atoms with Gasteiger partial charge < -0.3 is 15.0 Å². The number of hydrogen-bond donors (Lipinski definition) is 1. The van der Waals surface area contributed by atoms with Crippen LogP contribution in [0.1, 0.15) is 39.9 Å². The summed E-state index contributed by atoms with van der Waals surface area (Å²) in [4.78, 5) is 15.9. The maximum absolute atomic E-state index is 13.5. The molecule has 1 aliphatic rings. The third-order valence-electron chi connectivity index (χ3n) is 5.67. The molecule has 2 aromatic carbocycles. The number of carbonyl (C=O) groups excluding carboxylic acids is 1. The first-order chi connectivity index (χ1) is 14.6. The quantitative estimate of drug-likeness (QED) is 0.642. The van der Waals surface area contributed by atoms with Crippen molar-refractivity contribution in [2.24, 2.45) is 0 Å². The van der Waals surface area contributed by atoms with E-state index >= 15 is 0 Å². The van der Waals surface area contributed by atoms with Crippen LogP contribution in [0.15, 0.2) is 41.3 Å². The summed E-state index contributed by atoms with van der Waals surface area (Å²) in [6.45, 7) is 3.53. The largest absolute Gasteiger partial charge is 0.496 e. The summed E-state index contributed by atoms with van der Waals surface area (Å²) in [6.07, 6.45) is -1.24. The second-order valence-electron chi connectivity index (χ2n) is 8.00. The van der Waals surface area contributed by atoms with Crippen LogP contribution >= 0.6 is 11.8 Å². The molecule has 3 rings (SSSR count). The van der Waals surface area contributed by atoms with Crippen molar-refractivity contribution in [2.45, 2.75) is 36.4 Å². The van der Waals surface area contributed by atoms with Gasteiger partial charge in [-0.2, -0.15) is 13.2 Å². The maximum atomic E-state index is 13.5. The summed E-state index contributed by atoms with van der Waals surface area (Å²) in [6, 6.07) is 9.90. The average molecular weight is 453 g/mol. The topological polar surface area (TPSA) is 41.6 Å². The van der Waals surface area contributed by atoms with Crippen molar-refractivity contribution in [3.05, 3.63) is 58.7 Å². The summed E-state index contributed by atoms with van der Waals surface area (Å²) < 4.78 is 45.2. The molecule has 0 saturated carbocycles. The molecule has 168 valence electrons. The van der Waals surface area contributed by atoms with Gasteiger partial charge in [0.05, 0.1) is 23.8 Å². The van der Waals surface area contributed by atoms with Gasteiger partial charge in [0.1, 0.15) is 5.75 Å². The minimum atomic E-state index is -4.53. The van der Waals surface area contributed by atoms with Gasteiger partial charge in [-0.1, -0.05) is 29.8 Å². The van der Waals surface area contributed by atoms with Crippen LogP contribution in [0, 0.1) is 6.92 Å². The Morgan fingerprint density at radius 2 is 2.00 bits per heavy atom. The van der Waals surface area contributed by atoms with Gasteiger partial charge >= 0.3 is 6.18 Å². The van der Waals surface area contributed by atoms with Gasteiger partial charge in [-0.3, -0.25) is 4.79 Å². The highest BCUT2D eigenvalue weighted by Crippen LogP contribution is 2.39. The molecule has 1 fully saturated rings. The van der Waals surface area contributed by atoms with E-state index in [4.69, 9.17) is 4.74 Å². The van der Waals surface area contributed by atoms with E-state index in [-0.39, 0.29) is 16.2 Å². The van der Waals surface area contributed by atoms with E-state index in [2.05, 4.69) is 16.3 Å². The summed E-state index contributed by atoms with van der Waals surface area (Å²) in [5, 5.41) is 3.18. The Hall–Kier alpha value is -2.19. The molecule has 1 unspecified atom stereocenters. The lowest BCUT2D eigenvalue weighted by Crippen LogP contribution is -2.55. The van der Waals surface area contributed by atoms with Crippen molar-refractivity contribution in [3.8, 4) is 5.75 Å². The zero-order valence-corrected chi connectivity index (χ0v) is 18.9. The first-order valence-corrected chi connectivity index (χ1v) is 11.2. The monoisotopic (exact) mass is 452 g/mol. The number of benzene rings is 2. The molecule has 0 bridgehead atoms. The zero-order chi connectivity index (χ0) is 22.8. The summed E-state index contributed by atoms with van der Waals surface area (Å²) in [5.41, 5.74) is 0.721. The van der Waals surface area contributed by atoms with E-state index in [1.54, 1.807) is 6.26 Å². The number of carbonyl (C=O) groups is 1. The molecular weight excluding hydrogens is 425 g/mol. The molecule has 0 aromatic heterocycles. The fourth-order valence-corrected chi connectivity index (χ4v) is 4.84. The van der Waals surface area contributed by atoms with E-state index < -0.39 is 23.2 Å². The lowest BCUT2D eigenvalue weighted by Gasteiger charge is -2.43. The fraction of sp³-hybridized carbons (Fsp3) is 0.435. The third kappa shape index (κ3) is 5.01. The Morgan fingerprint density at radius 1 is 1.26 bits per heavy atom. The number of methoxy groups -OCH3 is 1. The molecule has 0 aliphatic carbocycles. The Bertz CT molecular complexity index is 939. The molecule has 0 radical (unpaired) electrons. The summed E-state index contributed by atoms with van der Waals surface area (Å²) >= 11 is 1.09. The van der Waals surface area contributed by atoms with Crippen LogP contribution in [0.2, 0.25) is 0 Å². The molecule has 1 N–H and O–H groups in total. The number of likely N-dealkylation sites (N-methyl/N-ethyl adjacent to an activating group) is 1. The number of nitrogens with zero attached hydrogens (tertiary/aromatic N) is 1. The number of amides is 1. The standard InChI is InChI=1S/C23H27F3N2O2S/c1-15-7-5-8-16(11-15)22(9-6-10-28(2)14-22)27-21(29)20-18(30-3)12-17(23(24,25)26)13-19(20)31-4/h5,7-8,11-13H,6,9-10,14H2,1-4H3,(H,27,29). The van der Waals surface area contributed by atoms with E-state index in [1.165, 1.54) is 7.11 Å². The van der Waals surface area contributed by atoms with Crippen molar-refractivity contribution in [3.63, 3.8) is 0 Å². The Kier molecular flexibility index (Phi) is 6.91. The summed E-state index contributed by atoms with van der Waals surface area (Å²) in [5.74, 6) is -0.521. The molecule has 1 heterocycles. The lowest BCUT2D eigenvalue weighted by molar-refractivity contribution is -0.137. The van der Waals surface area contributed by atoms with Crippen LogP contribution in [0.5, 0.6) is 5.75 Å². The molecular formula is C23H27F3N2O2S. The highest BCUT2D eigenvalue weighted by Gasteiger charge is 2.39. The van der Waals surface area contributed by atoms with Crippen molar-refractivity contribution >= 4 is 17.7 Å². The van der Waals surface area contributed by atoms with Gasteiger partial charge in [0.2, 0.25) is 0 Å².